The predicted molar refractivity (Wildman–Crippen MR) is 102 cm³/mol. The zero-order valence-electron chi connectivity index (χ0n) is 14.3. The predicted octanol–water partition coefficient (Wildman–Crippen LogP) is 4.91. The highest BCUT2D eigenvalue weighted by atomic mass is 35.5. The molecule has 5 heteroatoms. The maximum Gasteiger partial charge on any atom is 0.226 e. The normalized spacial score (nSPS) is 15.5. The fourth-order valence-corrected chi connectivity index (χ4v) is 3.85. The van der Waals surface area contributed by atoms with Crippen LogP contribution in [0, 0.1) is 5.82 Å². The van der Waals surface area contributed by atoms with E-state index in [2.05, 4.69) is 11.1 Å². The molecule has 0 spiro atoms. The van der Waals surface area contributed by atoms with E-state index in [4.69, 9.17) is 11.6 Å². The lowest BCUT2D eigenvalue weighted by atomic mass is 9.93. The molecule has 0 bridgehead atoms. The van der Waals surface area contributed by atoms with E-state index in [1.165, 1.54) is 17.8 Å². The van der Waals surface area contributed by atoms with E-state index in [1.54, 1.807) is 12.1 Å². The van der Waals surface area contributed by atoms with Gasteiger partial charge >= 0.3 is 0 Å². The van der Waals surface area contributed by atoms with Crippen molar-refractivity contribution in [1.29, 1.82) is 0 Å². The largest absolute Gasteiger partial charge is 0.358 e. The van der Waals surface area contributed by atoms with Crippen LogP contribution in [0.2, 0.25) is 5.02 Å². The highest BCUT2D eigenvalue weighted by molar-refractivity contribution is 6.31. The van der Waals surface area contributed by atoms with Gasteiger partial charge in [-0.15, -0.1) is 0 Å². The highest BCUT2D eigenvalue weighted by Gasteiger charge is 2.24. The summed E-state index contributed by atoms with van der Waals surface area (Å²) in [6.45, 7) is 1.50. The van der Waals surface area contributed by atoms with E-state index >= 15 is 0 Å². The minimum absolute atomic E-state index is 0.110. The van der Waals surface area contributed by atoms with Crippen LogP contribution in [0.25, 0.3) is 10.9 Å². The molecule has 3 nitrogen and oxygen atoms in total. The topological polar surface area (TPSA) is 36.1 Å². The Bertz CT molecular complexity index is 927. The molecular formula is C21H20ClFN2O. The first-order valence-electron chi connectivity index (χ1n) is 8.89. The fraction of sp³-hybridized carbons (Fsp3) is 0.286. The number of rotatable bonds is 3. The zero-order chi connectivity index (χ0) is 18.1. The van der Waals surface area contributed by atoms with Crippen molar-refractivity contribution < 1.29 is 9.18 Å². The monoisotopic (exact) mass is 370 g/mol. The Balaban J connectivity index is 1.38. The van der Waals surface area contributed by atoms with Gasteiger partial charge in [-0.25, -0.2) is 4.39 Å². The number of amides is 1. The molecule has 0 aliphatic carbocycles. The number of carbonyl (C=O) groups is 1. The van der Waals surface area contributed by atoms with Crippen LogP contribution in [0.1, 0.15) is 30.0 Å². The zero-order valence-corrected chi connectivity index (χ0v) is 15.1. The summed E-state index contributed by atoms with van der Waals surface area (Å²) in [4.78, 5) is 17.9. The summed E-state index contributed by atoms with van der Waals surface area (Å²) in [5.74, 6) is 0.260. The molecule has 1 fully saturated rings. The molecule has 1 aliphatic rings. The van der Waals surface area contributed by atoms with Crippen molar-refractivity contribution in [2.75, 3.05) is 13.1 Å². The van der Waals surface area contributed by atoms with Crippen LogP contribution in [0.15, 0.2) is 48.5 Å². The van der Waals surface area contributed by atoms with Crippen molar-refractivity contribution in [2.45, 2.75) is 25.2 Å². The number of aromatic nitrogens is 1. The molecule has 1 amide bonds. The second-order valence-electron chi connectivity index (χ2n) is 6.91. The first kappa shape index (κ1) is 17.1. The Labute approximate surface area is 156 Å². The van der Waals surface area contributed by atoms with E-state index in [0.29, 0.717) is 12.3 Å². The van der Waals surface area contributed by atoms with Gasteiger partial charge in [-0.1, -0.05) is 23.7 Å². The average molecular weight is 371 g/mol. The molecule has 0 saturated carbocycles. The lowest BCUT2D eigenvalue weighted by molar-refractivity contribution is -0.131. The minimum Gasteiger partial charge on any atom is -0.358 e. The molecule has 1 saturated heterocycles. The number of carbonyl (C=O) groups excluding carboxylic acids is 1. The Morgan fingerprint density at radius 1 is 1.12 bits per heavy atom. The number of hydrogen-bond acceptors (Lipinski definition) is 1. The van der Waals surface area contributed by atoms with Gasteiger partial charge in [-0.3, -0.25) is 4.79 Å². The van der Waals surface area contributed by atoms with Crippen LogP contribution in [0.3, 0.4) is 0 Å². The van der Waals surface area contributed by atoms with Crippen LogP contribution < -0.4 is 0 Å². The summed E-state index contributed by atoms with van der Waals surface area (Å²) in [6, 6.07) is 14.2. The van der Waals surface area contributed by atoms with Gasteiger partial charge in [0.1, 0.15) is 5.82 Å². The Morgan fingerprint density at radius 3 is 2.58 bits per heavy atom. The molecule has 0 unspecified atom stereocenters. The van der Waals surface area contributed by atoms with Crippen LogP contribution in [0.4, 0.5) is 4.39 Å². The van der Waals surface area contributed by atoms with Gasteiger partial charge in [0.05, 0.1) is 6.42 Å². The smallest absolute Gasteiger partial charge is 0.226 e. The van der Waals surface area contributed by atoms with E-state index < -0.39 is 0 Å². The van der Waals surface area contributed by atoms with Crippen molar-refractivity contribution in [3.05, 3.63) is 70.6 Å². The number of fused-ring (bicyclic) bond motifs is 1. The van der Waals surface area contributed by atoms with E-state index in [1.807, 2.05) is 23.1 Å². The third-order valence-corrected chi connectivity index (χ3v) is 5.39. The number of likely N-dealkylation sites (tertiary alicyclic amines) is 1. The number of benzene rings is 2. The second-order valence-corrected chi connectivity index (χ2v) is 7.35. The van der Waals surface area contributed by atoms with E-state index in [9.17, 15) is 9.18 Å². The standard InChI is InChI=1S/C21H20ClFN2O/c22-17-3-6-19-16(12-17)13-20(24-19)15-7-9-25(10-8-15)21(26)11-14-1-4-18(23)5-2-14/h1-6,12-13,15,24H,7-11H2. The van der Waals surface area contributed by atoms with E-state index in [-0.39, 0.29) is 11.7 Å². The molecule has 0 atom stereocenters. The number of H-pyrrole nitrogens is 1. The van der Waals surface area contributed by atoms with Crippen molar-refractivity contribution >= 4 is 28.4 Å². The first-order chi connectivity index (χ1) is 12.6. The summed E-state index contributed by atoms with van der Waals surface area (Å²) >= 11 is 6.06. The molecule has 1 aliphatic heterocycles. The van der Waals surface area contributed by atoms with Crippen molar-refractivity contribution in [2.24, 2.45) is 0 Å². The lowest BCUT2D eigenvalue weighted by Gasteiger charge is -2.31. The molecule has 134 valence electrons. The number of hydrogen-bond donors (Lipinski definition) is 1. The molecule has 2 aromatic carbocycles. The van der Waals surface area contributed by atoms with Crippen LogP contribution in [0.5, 0.6) is 0 Å². The fourth-order valence-electron chi connectivity index (χ4n) is 3.67. The molecular weight excluding hydrogens is 351 g/mol. The van der Waals surface area contributed by atoms with Crippen molar-refractivity contribution in [3.8, 4) is 0 Å². The minimum atomic E-state index is -0.276. The molecule has 4 rings (SSSR count). The van der Waals surface area contributed by atoms with E-state index in [0.717, 1.165) is 47.4 Å². The SMILES string of the molecule is O=C(Cc1ccc(F)cc1)N1CCC(c2cc3cc(Cl)ccc3[nH]2)CC1. The van der Waals surface area contributed by atoms with Crippen LogP contribution in [-0.2, 0) is 11.2 Å². The third kappa shape index (κ3) is 3.61. The van der Waals surface area contributed by atoms with Gasteiger partial charge in [0.2, 0.25) is 5.91 Å². The number of halogens is 2. The van der Waals surface area contributed by atoms with Gasteiger partial charge in [-0.2, -0.15) is 0 Å². The maximum absolute atomic E-state index is 13.0. The summed E-state index contributed by atoms with van der Waals surface area (Å²) in [6.07, 6.45) is 2.21. The van der Waals surface area contributed by atoms with Crippen LogP contribution >= 0.6 is 11.6 Å². The quantitative estimate of drug-likeness (QED) is 0.698. The first-order valence-corrected chi connectivity index (χ1v) is 9.27. The molecule has 1 aromatic heterocycles. The van der Waals surface area contributed by atoms with Crippen LogP contribution in [-0.4, -0.2) is 28.9 Å². The summed E-state index contributed by atoms with van der Waals surface area (Å²) in [5, 5.41) is 1.87. The van der Waals surface area contributed by atoms with Crippen molar-refractivity contribution in [3.63, 3.8) is 0 Å². The number of piperidine rings is 1. The maximum atomic E-state index is 13.0. The average Bonchev–Trinajstić information content (AvgIpc) is 3.07. The molecule has 2 heterocycles. The number of aromatic amines is 1. The Morgan fingerprint density at radius 2 is 1.85 bits per heavy atom. The third-order valence-electron chi connectivity index (χ3n) is 5.16. The summed E-state index contributed by atoms with van der Waals surface area (Å²) in [7, 11) is 0. The molecule has 0 radical (unpaired) electrons. The summed E-state index contributed by atoms with van der Waals surface area (Å²) in [5.41, 5.74) is 3.16. The number of nitrogens with zero attached hydrogens (tertiary/aromatic N) is 1. The number of nitrogens with one attached hydrogen (secondary N) is 1. The molecule has 26 heavy (non-hydrogen) atoms. The molecule has 1 N–H and O–H groups in total. The van der Waals surface area contributed by atoms with Gasteiger partial charge in [-0.05, 0) is 54.8 Å². The van der Waals surface area contributed by atoms with Gasteiger partial charge in [0, 0.05) is 40.6 Å². The van der Waals surface area contributed by atoms with Crippen molar-refractivity contribution in [1.82, 2.24) is 9.88 Å². The highest BCUT2D eigenvalue weighted by Crippen LogP contribution is 2.31. The van der Waals surface area contributed by atoms with Gasteiger partial charge < -0.3 is 9.88 Å². The summed E-state index contributed by atoms with van der Waals surface area (Å²) < 4.78 is 13.0. The van der Waals surface area contributed by atoms with Gasteiger partial charge in [0.15, 0.2) is 0 Å². The molecule has 3 aromatic rings. The Kier molecular flexibility index (Phi) is 4.68. The van der Waals surface area contributed by atoms with Gasteiger partial charge in [0.25, 0.3) is 0 Å². The lowest BCUT2D eigenvalue weighted by Crippen LogP contribution is -2.38. The Hall–Kier alpha value is -2.33. The second kappa shape index (κ2) is 7.12.